The molecular weight excluding hydrogens is 312 g/mol. The normalized spacial score (nSPS) is 10.7. The molecule has 0 aliphatic rings. The molecule has 2 heterocycles. The summed E-state index contributed by atoms with van der Waals surface area (Å²) in [6, 6.07) is 9.13. The summed E-state index contributed by atoms with van der Waals surface area (Å²) in [4.78, 5) is 17.5. The summed E-state index contributed by atoms with van der Waals surface area (Å²) in [6.45, 7) is 3.70. The van der Waals surface area contributed by atoms with Crippen LogP contribution in [-0.2, 0) is 11.3 Å². The Balaban J connectivity index is 1.73. The highest BCUT2D eigenvalue weighted by Gasteiger charge is 2.16. The highest BCUT2D eigenvalue weighted by Crippen LogP contribution is 2.26. The van der Waals surface area contributed by atoms with E-state index in [1.54, 1.807) is 30.4 Å². The number of anilines is 1. The van der Waals surface area contributed by atoms with Gasteiger partial charge in [-0.1, -0.05) is 18.2 Å². The Morgan fingerprint density at radius 1 is 1.30 bits per heavy atom. The van der Waals surface area contributed by atoms with Crippen molar-refractivity contribution in [3.8, 4) is 10.8 Å². The molecule has 0 amide bonds. The lowest BCUT2D eigenvalue weighted by Gasteiger charge is -2.07. The molecule has 5 nitrogen and oxygen atoms in total. The molecule has 2 N–H and O–H groups in total. The number of thiophene rings is 1. The number of nitrogen functional groups attached to an aromatic ring is 1. The second-order valence-corrected chi connectivity index (χ2v) is 6.06. The predicted molar refractivity (Wildman–Crippen MR) is 89.3 cm³/mol. The number of benzene rings is 1. The average Bonchev–Trinajstić information content (AvgIpc) is 3.17. The highest BCUT2D eigenvalue weighted by atomic mass is 32.1. The number of carbonyl (C=O) groups is 1. The van der Waals surface area contributed by atoms with E-state index < -0.39 is 5.97 Å². The SMILES string of the molecule is Cc1cccc(C(=O)OCc2nc(-c3cccs3)oc2C)c1N. The van der Waals surface area contributed by atoms with Crippen molar-refractivity contribution >= 4 is 23.0 Å². The van der Waals surface area contributed by atoms with Crippen molar-refractivity contribution in [1.29, 1.82) is 0 Å². The van der Waals surface area contributed by atoms with Crippen molar-refractivity contribution in [2.75, 3.05) is 5.73 Å². The monoisotopic (exact) mass is 328 g/mol. The minimum absolute atomic E-state index is 0.0485. The summed E-state index contributed by atoms with van der Waals surface area (Å²) < 4.78 is 10.9. The number of esters is 1. The molecule has 23 heavy (non-hydrogen) atoms. The second-order valence-electron chi connectivity index (χ2n) is 5.11. The van der Waals surface area contributed by atoms with Crippen LogP contribution in [0.5, 0.6) is 0 Å². The van der Waals surface area contributed by atoms with Crippen LogP contribution in [0.25, 0.3) is 10.8 Å². The molecule has 0 atom stereocenters. The molecule has 3 aromatic rings. The van der Waals surface area contributed by atoms with Crippen LogP contribution in [0.3, 0.4) is 0 Å². The number of nitrogens with zero attached hydrogens (tertiary/aromatic N) is 1. The summed E-state index contributed by atoms with van der Waals surface area (Å²) in [5.74, 6) is 0.711. The smallest absolute Gasteiger partial charge is 0.340 e. The third-order valence-corrected chi connectivity index (χ3v) is 4.37. The largest absolute Gasteiger partial charge is 0.455 e. The van der Waals surface area contributed by atoms with E-state index in [1.807, 2.05) is 30.5 Å². The number of aromatic nitrogens is 1. The summed E-state index contributed by atoms with van der Waals surface area (Å²) in [5, 5.41) is 1.95. The minimum atomic E-state index is -0.466. The van der Waals surface area contributed by atoms with Crippen molar-refractivity contribution in [3.05, 3.63) is 58.3 Å². The van der Waals surface area contributed by atoms with Crippen molar-refractivity contribution < 1.29 is 13.9 Å². The van der Waals surface area contributed by atoms with Gasteiger partial charge in [0.15, 0.2) is 0 Å². The lowest BCUT2D eigenvalue weighted by Crippen LogP contribution is -2.09. The summed E-state index contributed by atoms with van der Waals surface area (Å²) >= 11 is 1.54. The Labute approximate surface area is 137 Å². The van der Waals surface area contributed by atoms with E-state index in [2.05, 4.69) is 4.98 Å². The van der Waals surface area contributed by atoms with Crippen LogP contribution in [0.2, 0.25) is 0 Å². The summed E-state index contributed by atoms with van der Waals surface area (Å²) in [5.41, 5.74) is 8.17. The molecule has 0 saturated carbocycles. The molecule has 1 aromatic carbocycles. The van der Waals surface area contributed by atoms with Gasteiger partial charge in [0.1, 0.15) is 18.1 Å². The molecule has 0 aliphatic carbocycles. The van der Waals surface area contributed by atoms with Gasteiger partial charge in [-0.2, -0.15) is 0 Å². The molecule has 6 heteroatoms. The summed E-state index contributed by atoms with van der Waals surface area (Å²) in [7, 11) is 0. The molecule has 0 saturated heterocycles. The third kappa shape index (κ3) is 3.12. The number of hydrogen-bond donors (Lipinski definition) is 1. The number of nitrogens with two attached hydrogens (primary N) is 1. The Bertz CT molecular complexity index is 838. The predicted octanol–water partition coefficient (Wildman–Crippen LogP) is 3.96. The van der Waals surface area contributed by atoms with E-state index in [9.17, 15) is 4.79 Å². The topological polar surface area (TPSA) is 78.3 Å². The zero-order valence-corrected chi connectivity index (χ0v) is 13.6. The number of ether oxygens (including phenoxy) is 1. The average molecular weight is 328 g/mol. The Morgan fingerprint density at radius 3 is 2.87 bits per heavy atom. The lowest BCUT2D eigenvalue weighted by atomic mass is 10.1. The molecule has 2 aromatic heterocycles. The van der Waals surface area contributed by atoms with E-state index in [0.29, 0.717) is 28.6 Å². The van der Waals surface area contributed by atoms with Crippen LogP contribution in [0.15, 0.2) is 40.1 Å². The van der Waals surface area contributed by atoms with E-state index in [4.69, 9.17) is 14.9 Å². The lowest BCUT2D eigenvalue weighted by molar-refractivity contribution is 0.0468. The first-order valence-electron chi connectivity index (χ1n) is 7.08. The number of rotatable bonds is 4. The Hall–Kier alpha value is -2.60. The second kappa shape index (κ2) is 6.26. The molecule has 0 fully saturated rings. The van der Waals surface area contributed by atoms with E-state index in [1.165, 1.54) is 0 Å². The zero-order chi connectivity index (χ0) is 16.4. The van der Waals surface area contributed by atoms with Crippen LogP contribution in [0, 0.1) is 13.8 Å². The van der Waals surface area contributed by atoms with Gasteiger partial charge in [-0.3, -0.25) is 0 Å². The quantitative estimate of drug-likeness (QED) is 0.579. The first-order chi connectivity index (χ1) is 11.1. The maximum absolute atomic E-state index is 12.2. The fourth-order valence-electron chi connectivity index (χ4n) is 2.14. The Kier molecular flexibility index (Phi) is 4.16. The molecular formula is C17H16N2O3S. The van der Waals surface area contributed by atoms with Gasteiger partial charge in [-0.05, 0) is 36.9 Å². The molecule has 0 aliphatic heterocycles. The number of hydrogen-bond acceptors (Lipinski definition) is 6. The van der Waals surface area contributed by atoms with Gasteiger partial charge >= 0.3 is 5.97 Å². The number of oxazole rings is 1. The van der Waals surface area contributed by atoms with Crippen molar-refractivity contribution in [2.45, 2.75) is 20.5 Å². The van der Waals surface area contributed by atoms with Crippen molar-refractivity contribution in [2.24, 2.45) is 0 Å². The zero-order valence-electron chi connectivity index (χ0n) is 12.8. The summed E-state index contributed by atoms with van der Waals surface area (Å²) in [6.07, 6.45) is 0. The van der Waals surface area contributed by atoms with Crippen LogP contribution in [0.1, 0.15) is 27.4 Å². The van der Waals surface area contributed by atoms with Gasteiger partial charge in [0, 0.05) is 5.69 Å². The van der Waals surface area contributed by atoms with Gasteiger partial charge in [0.2, 0.25) is 5.89 Å². The Morgan fingerprint density at radius 2 is 2.13 bits per heavy atom. The van der Waals surface area contributed by atoms with Crippen LogP contribution >= 0.6 is 11.3 Å². The van der Waals surface area contributed by atoms with Gasteiger partial charge in [0.05, 0.1) is 10.4 Å². The van der Waals surface area contributed by atoms with Gasteiger partial charge in [-0.25, -0.2) is 9.78 Å². The molecule has 118 valence electrons. The first kappa shape index (κ1) is 15.3. The first-order valence-corrected chi connectivity index (χ1v) is 7.96. The van der Waals surface area contributed by atoms with Crippen molar-refractivity contribution in [1.82, 2.24) is 4.98 Å². The van der Waals surface area contributed by atoms with E-state index in [-0.39, 0.29) is 6.61 Å². The number of aryl methyl sites for hydroxylation is 2. The molecule has 0 unspecified atom stereocenters. The molecule has 0 bridgehead atoms. The number of para-hydroxylation sites is 1. The minimum Gasteiger partial charge on any atom is -0.455 e. The molecule has 0 radical (unpaired) electrons. The van der Waals surface area contributed by atoms with Crippen molar-refractivity contribution in [3.63, 3.8) is 0 Å². The molecule has 3 rings (SSSR count). The number of carbonyl (C=O) groups excluding carboxylic acids is 1. The fraction of sp³-hybridized carbons (Fsp3) is 0.176. The molecule has 0 spiro atoms. The van der Waals surface area contributed by atoms with E-state index >= 15 is 0 Å². The van der Waals surface area contributed by atoms with Gasteiger partial charge in [-0.15, -0.1) is 11.3 Å². The van der Waals surface area contributed by atoms with E-state index in [0.717, 1.165) is 10.4 Å². The fourth-order valence-corrected chi connectivity index (χ4v) is 2.79. The van der Waals surface area contributed by atoms with Crippen LogP contribution < -0.4 is 5.73 Å². The maximum Gasteiger partial charge on any atom is 0.340 e. The standard InChI is InChI=1S/C17H16N2O3S/c1-10-5-3-6-12(15(10)18)17(20)21-9-13-11(2)22-16(19-13)14-7-4-8-23-14/h3-8H,9,18H2,1-2H3. The van der Waals surface area contributed by atoms with Gasteiger partial charge < -0.3 is 14.9 Å². The van der Waals surface area contributed by atoms with Crippen LogP contribution in [0.4, 0.5) is 5.69 Å². The van der Waals surface area contributed by atoms with Gasteiger partial charge in [0.25, 0.3) is 0 Å². The highest BCUT2D eigenvalue weighted by molar-refractivity contribution is 7.13. The maximum atomic E-state index is 12.2. The van der Waals surface area contributed by atoms with Crippen LogP contribution in [-0.4, -0.2) is 11.0 Å². The third-order valence-electron chi connectivity index (χ3n) is 3.51.